The molecule has 6 heteroatoms. The van der Waals surface area contributed by atoms with E-state index in [1.54, 1.807) is 7.05 Å². The Balaban J connectivity index is 3.47. The SMILES string of the molecule is CCCCOCCNC(=O)N(C)CCCC(=O)O. The summed E-state index contributed by atoms with van der Waals surface area (Å²) in [6.45, 7) is 4.24. The molecule has 0 spiro atoms. The Kier molecular flexibility index (Phi) is 10.0. The molecule has 0 rings (SSSR count). The summed E-state index contributed by atoms with van der Waals surface area (Å²) < 4.78 is 5.31. The molecule has 6 nitrogen and oxygen atoms in total. The van der Waals surface area contributed by atoms with Gasteiger partial charge in [-0.3, -0.25) is 4.79 Å². The molecule has 18 heavy (non-hydrogen) atoms. The molecule has 0 fully saturated rings. The van der Waals surface area contributed by atoms with E-state index in [0.717, 1.165) is 19.4 Å². The number of hydrogen-bond acceptors (Lipinski definition) is 3. The highest BCUT2D eigenvalue weighted by molar-refractivity contribution is 5.73. The number of carbonyl (C=O) groups excluding carboxylic acids is 1. The second-order valence-corrected chi connectivity index (χ2v) is 4.12. The summed E-state index contributed by atoms with van der Waals surface area (Å²) in [4.78, 5) is 23.3. The lowest BCUT2D eigenvalue weighted by molar-refractivity contribution is -0.137. The minimum absolute atomic E-state index is 0.0811. The van der Waals surface area contributed by atoms with Gasteiger partial charge < -0.3 is 20.1 Å². The Hall–Kier alpha value is -1.30. The Bertz CT molecular complexity index is 246. The summed E-state index contributed by atoms with van der Waals surface area (Å²) in [5.41, 5.74) is 0. The van der Waals surface area contributed by atoms with Gasteiger partial charge in [-0.1, -0.05) is 13.3 Å². The first kappa shape index (κ1) is 16.7. The highest BCUT2D eigenvalue weighted by Gasteiger charge is 2.07. The second kappa shape index (κ2) is 10.8. The average Bonchev–Trinajstić information content (AvgIpc) is 2.32. The third-order valence-electron chi connectivity index (χ3n) is 2.40. The quantitative estimate of drug-likeness (QED) is 0.580. The summed E-state index contributed by atoms with van der Waals surface area (Å²) >= 11 is 0. The Morgan fingerprint density at radius 2 is 2.00 bits per heavy atom. The smallest absolute Gasteiger partial charge is 0.317 e. The van der Waals surface area contributed by atoms with Crippen molar-refractivity contribution in [3.05, 3.63) is 0 Å². The summed E-state index contributed by atoms with van der Waals surface area (Å²) in [6, 6.07) is -0.195. The van der Waals surface area contributed by atoms with Crippen LogP contribution in [0, 0.1) is 0 Å². The number of aliphatic carboxylic acids is 1. The molecule has 0 aliphatic rings. The van der Waals surface area contributed by atoms with Gasteiger partial charge in [0.15, 0.2) is 0 Å². The van der Waals surface area contributed by atoms with Crippen LogP contribution in [-0.2, 0) is 9.53 Å². The number of nitrogens with one attached hydrogen (secondary N) is 1. The van der Waals surface area contributed by atoms with E-state index in [1.165, 1.54) is 4.90 Å². The molecule has 0 aliphatic heterocycles. The first-order valence-electron chi connectivity index (χ1n) is 6.36. The number of amides is 2. The lowest BCUT2D eigenvalue weighted by Crippen LogP contribution is -2.39. The zero-order valence-electron chi connectivity index (χ0n) is 11.3. The summed E-state index contributed by atoms with van der Waals surface area (Å²) in [6.07, 6.45) is 2.67. The van der Waals surface area contributed by atoms with Crippen LogP contribution in [0.4, 0.5) is 4.79 Å². The first-order chi connectivity index (χ1) is 8.57. The molecule has 0 saturated heterocycles. The van der Waals surface area contributed by atoms with Gasteiger partial charge in [-0.2, -0.15) is 0 Å². The van der Waals surface area contributed by atoms with Gasteiger partial charge >= 0.3 is 12.0 Å². The van der Waals surface area contributed by atoms with E-state index in [0.29, 0.717) is 26.1 Å². The van der Waals surface area contributed by atoms with Crippen LogP contribution in [0.3, 0.4) is 0 Å². The molecule has 0 aromatic carbocycles. The van der Waals surface area contributed by atoms with E-state index in [9.17, 15) is 9.59 Å². The normalized spacial score (nSPS) is 10.1. The molecule has 0 bridgehead atoms. The predicted molar refractivity (Wildman–Crippen MR) is 68.6 cm³/mol. The first-order valence-corrected chi connectivity index (χ1v) is 6.36. The second-order valence-electron chi connectivity index (χ2n) is 4.12. The molecule has 0 aromatic heterocycles. The molecule has 0 aliphatic carbocycles. The molecule has 0 unspecified atom stereocenters. The minimum atomic E-state index is -0.840. The van der Waals surface area contributed by atoms with Gasteiger partial charge in [0.25, 0.3) is 0 Å². The molecule has 0 aromatic rings. The number of carboxylic acid groups (broad SMARTS) is 1. The maximum absolute atomic E-state index is 11.5. The fourth-order valence-corrected chi connectivity index (χ4v) is 1.28. The number of carboxylic acids is 1. The van der Waals surface area contributed by atoms with Gasteiger partial charge in [0.05, 0.1) is 6.61 Å². The molecule has 0 radical (unpaired) electrons. The van der Waals surface area contributed by atoms with Crippen LogP contribution >= 0.6 is 0 Å². The Morgan fingerprint density at radius 1 is 1.28 bits per heavy atom. The van der Waals surface area contributed by atoms with Gasteiger partial charge in [-0.15, -0.1) is 0 Å². The van der Waals surface area contributed by atoms with Crippen molar-refractivity contribution >= 4 is 12.0 Å². The van der Waals surface area contributed by atoms with E-state index in [4.69, 9.17) is 9.84 Å². The standard InChI is InChI=1S/C12H24N2O4/c1-3-4-9-18-10-7-13-12(17)14(2)8-5-6-11(15)16/h3-10H2,1-2H3,(H,13,17)(H,15,16). The van der Waals surface area contributed by atoms with Crippen molar-refractivity contribution in [2.45, 2.75) is 32.6 Å². The Labute approximate surface area is 108 Å². The molecule has 0 heterocycles. The van der Waals surface area contributed by atoms with Crippen molar-refractivity contribution in [3.8, 4) is 0 Å². The van der Waals surface area contributed by atoms with E-state index < -0.39 is 5.97 Å². The molecule has 2 N–H and O–H groups in total. The van der Waals surface area contributed by atoms with Crippen molar-refractivity contribution in [1.82, 2.24) is 10.2 Å². The highest BCUT2D eigenvalue weighted by atomic mass is 16.5. The highest BCUT2D eigenvalue weighted by Crippen LogP contribution is 1.93. The van der Waals surface area contributed by atoms with Crippen LogP contribution in [-0.4, -0.2) is 55.4 Å². The van der Waals surface area contributed by atoms with Crippen LogP contribution in [0.1, 0.15) is 32.6 Å². The number of urea groups is 1. The van der Waals surface area contributed by atoms with Crippen LogP contribution in [0.25, 0.3) is 0 Å². The molecule has 106 valence electrons. The van der Waals surface area contributed by atoms with E-state index in [-0.39, 0.29) is 12.5 Å². The van der Waals surface area contributed by atoms with Crippen molar-refractivity contribution in [1.29, 1.82) is 0 Å². The van der Waals surface area contributed by atoms with Gasteiger partial charge in [-0.25, -0.2) is 4.79 Å². The fourth-order valence-electron chi connectivity index (χ4n) is 1.28. The maximum Gasteiger partial charge on any atom is 0.317 e. The van der Waals surface area contributed by atoms with Crippen LogP contribution in [0.5, 0.6) is 0 Å². The maximum atomic E-state index is 11.5. The van der Waals surface area contributed by atoms with Crippen molar-refractivity contribution < 1.29 is 19.4 Å². The molecule has 2 amide bonds. The van der Waals surface area contributed by atoms with Gasteiger partial charge in [0.1, 0.15) is 0 Å². The topological polar surface area (TPSA) is 78.9 Å². The predicted octanol–water partition coefficient (Wildman–Crippen LogP) is 1.31. The van der Waals surface area contributed by atoms with Crippen LogP contribution in [0.15, 0.2) is 0 Å². The van der Waals surface area contributed by atoms with Crippen LogP contribution < -0.4 is 5.32 Å². The fraction of sp³-hybridized carbons (Fsp3) is 0.833. The number of ether oxygens (including phenoxy) is 1. The number of unbranched alkanes of at least 4 members (excludes halogenated alkanes) is 1. The summed E-state index contributed by atoms with van der Waals surface area (Å²) in [5, 5.41) is 11.2. The van der Waals surface area contributed by atoms with E-state index in [2.05, 4.69) is 12.2 Å². The summed E-state index contributed by atoms with van der Waals surface area (Å²) in [7, 11) is 1.65. The van der Waals surface area contributed by atoms with E-state index in [1.807, 2.05) is 0 Å². The number of nitrogens with zero attached hydrogens (tertiary/aromatic N) is 1. The van der Waals surface area contributed by atoms with E-state index >= 15 is 0 Å². The minimum Gasteiger partial charge on any atom is -0.481 e. The average molecular weight is 260 g/mol. The molecular weight excluding hydrogens is 236 g/mol. The zero-order chi connectivity index (χ0) is 13.8. The molecule has 0 atom stereocenters. The zero-order valence-corrected chi connectivity index (χ0v) is 11.3. The number of rotatable bonds is 10. The lowest BCUT2D eigenvalue weighted by atomic mass is 10.3. The third kappa shape index (κ3) is 9.89. The van der Waals surface area contributed by atoms with Crippen molar-refractivity contribution in [2.24, 2.45) is 0 Å². The largest absolute Gasteiger partial charge is 0.481 e. The third-order valence-corrected chi connectivity index (χ3v) is 2.40. The van der Waals surface area contributed by atoms with Crippen molar-refractivity contribution in [2.75, 3.05) is 33.4 Å². The van der Waals surface area contributed by atoms with Gasteiger partial charge in [0.2, 0.25) is 0 Å². The summed E-state index contributed by atoms with van der Waals surface area (Å²) in [5.74, 6) is -0.840. The lowest BCUT2D eigenvalue weighted by Gasteiger charge is -2.17. The number of hydrogen-bond donors (Lipinski definition) is 2. The number of carbonyl (C=O) groups is 2. The monoisotopic (exact) mass is 260 g/mol. The van der Waals surface area contributed by atoms with Gasteiger partial charge in [-0.05, 0) is 12.8 Å². The van der Waals surface area contributed by atoms with Crippen molar-refractivity contribution in [3.63, 3.8) is 0 Å². The molecule has 0 saturated carbocycles. The van der Waals surface area contributed by atoms with Crippen LogP contribution in [0.2, 0.25) is 0 Å². The Morgan fingerprint density at radius 3 is 2.61 bits per heavy atom. The molecular formula is C12H24N2O4. The van der Waals surface area contributed by atoms with Gasteiger partial charge in [0, 0.05) is 33.2 Å².